The molecule has 3 N–H and O–H groups in total. The van der Waals surface area contributed by atoms with Gasteiger partial charge in [0.1, 0.15) is 11.6 Å². The van der Waals surface area contributed by atoms with Crippen LogP contribution in [-0.4, -0.2) is 15.1 Å². The van der Waals surface area contributed by atoms with Crippen LogP contribution >= 0.6 is 0 Å². The number of fused-ring (bicyclic) bond motifs is 1. The summed E-state index contributed by atoms with van der Waals surface area (Å²) >= 11 is 0. The summed E-state index contributed by atoms with van der Waals surface area (Å²) in [5, 5.41) is 27.4. The number of aromatic nitrogens is 2. The van der Waals surface area contributed by atoms with Gasteiger partial charge in [0.2, 0.25) is 11.8 Å². The number of nitrogens with one attached hydrogen (secondary N) is 1. The highest BCUT2D eigenvalue weighted by Crippen LogP contribution is 2.43. The fourth-order valence-corrected chi connectivity index (χ4v) is 2.87. The molecule has 2 aromatic rings. The molecule has 1 atom stereocenters. The highest BCUT2D eigenvalue weighted by molar-refractivity contribution is 5.55. The molecule has 0 spiro atoms. The molecule has 8 heteroatoms. The van der Waals surface area contributed by atoms with Gasteiger partial charge in [-0.3, -0.25) is 15.2 Å². The predicted octanol–water partition coefficient (Wildman–Crippen LogP) is 2.49. The number of nitro benzene ring substituents is 1. The summed E-state index contributed by atoms with van der Waals surface area (Å²) in [6.45, 7) is 2.03. The smallest absolute Gasteiger partial charge is 0.269 e. The number of nitriles is 1. The van der Waals surface area contributed by atoms with Crippen molar-refractivity contribution in [2.75, 3.05) is 0 Å². The normalized spacial score (nSPS) is 16.2. The number of hydrogen-bond acceptors (Lipinski definition) is 6. The number of ether oxygens (including phenoxy) is 1. The SMILES string of the molecule is CCCc1[nH]nc2c1[C@H](c1ccc([N+](=O)[O-])cc1)C(C#N)=C(N)O2. The zero-order chi connectivity index (χ0) is 17.3. The third-order valence-electron chi connectivity index (χ3n) is 3.96. The Balaban J connectivity index is 2.15. The lowest BCUT2D eigenvalue weighted by atomic mass is 9.83. The fourth-order valence-electron chi connectivity index (χ4n) is 2.87. The number of aromatic amines is 1. The van der Waals surface area contributed by atoms with E-state index in [0.717, 1.165) is 29.7 Å². The summed E-state index contributed by atoms with van der Waals surface area (Å²) < 4.78 is 5.46. The molecule has 1 aromatic heterocycles. The molecule has 1 aromatic carbocycles. The molecular weight excluding hydrogens is 310 g/mol. The zero-order valence-corrected chi connectivity index (χ0v) is 12.9. The van der Waals surface area contributed by atoms with E-state index in [1.165, 1.54) is 12.1 Å². The molecule has 0 radical (unpaired) electrons. The predicted molar refractivity (Wildman–Crippen MR) is 85.0 cm³/mol. The number of non-ortho nitro benzene ring substituents is 1. The van der Waals surface area contributed by atoms with Crippen LogP contribution in [0.15, 0.2) is 35.7 Å². The molecule has 0 saturated carbocycles. The quantitative estimate of drug-likeness (QED) is 0.656. The number of benzene rings is 1. The van der Waals surface area contributed by atoms with E-state index in [0.29, 0.717) is 5.88 Å². The number of H-pyrrole nitrogens is 1. The van der Waals surface area contributed by atoms with Crippen LogP contribution in [0.1, 0.15) is 36.1 Å². The van der Waals surface area contributed by atoms with Crippen molar-refractivity contribution in [1.82, 2.24) is 10.2 Å². The lowest BCUT2D eigenvalue weighted by Crippen LogP contribution is -2.21. The van der Waals surface area contributed by atoms with Crippen LogP contribution in [0, 0.1) is 21.4 Å². The van der Waals surface area contributed by atoms with Gasteiger partial charge in [0.25, 0.3) is 5.69 Å². The molecule has 24 heavy (non-hydrogen) atoms. The third-order valence-corrected chi connectivity index (χ3v) is 3.96. The Hall–Kier alpha value is -3.34. The maximum Gasteiger partial charge on any atom is 0.269 e. The average molecular weight is 325 g/mol. The van der Waals surface area contributed by atoms with Gasteiger partial charge in [0.15, 0.2) is 0 Å². The largest absolute Gasteiger partial charge is 0.420 e. The van der Waals surface area contributed by atoms with E-state index in [1.807, 2.05) is 6.92 Å². The first kappa shape index (κ1) is 15.6. The lowest BCUT2D eigenvalue weighted by molar-refractivity contribution is -0.384. The highest BCUT2D eigenvalue weighted by Gasteiger charge is 2.35. The van der Waals surface area contributed by atoms with Crippen LogP contribution in [0.2, 0.25) is 0 Å². The van der Waals surface area contributed by atoms with Crippen molar-refractivity contribution < 1.29 is 9.66 Å². The van der Waals surface area contributed by atoms with Gasteiger partial charge in [0, 0.05) is 23.4 Å². The summed E-state index contributed by atoms with van der Waals surface area (Å²) in [5.41, 5.74) is 8.49. The number of hydrogen-bond donors (Lipinski definition) is 2. The summed E-state index contributed by atoms with van der Waals surface area (Å²) in [5.74, 6) is -0.110. The monoisotopic (exact) mass is 325 g/mol. The molecule has 0 unspecified atom stereocenters. The van der Waals surface area contributed by atoms with E-state index in [1.54, 1.807) is 12.1 Å². The van der Waals surface area contributed by atoms with E-state index < -0.39 is 10.8 Å². The van der Waals surface area contributed by atoms with Crippen LogP contribution in [0.5, 0.6) is 5.88 Å². The first-order valence-electron chi connectivity index (χ1n) is 7.45. The number of nitro groups is 1. The molecule has 0 aliphatic carbocycles. The Morgan fingerprint density at radius 2 is 2.17 bits per heavy atom. The summed E-state index contributed by atoms with van der Waals surface area (Å²) in [6, 6.07) is 8.18. The van der Waals surface area contributed by atoms with Crippen molar-refractivity contribution in [3.05, 3.63) is 62.7 Å². The van der Waals surface area contributed by atoms with Crippen molar-refractivity contribution in [3.63, 3.8) is 0 Å². The highest BCUT2D eigenvalue weighted by atomic mass is 16.6. The Labute approximate surface area is 137 Å². The Morgan fingerprint density at radius 1 is 1.46 bits per heavy atom. The third kappa shape index (κ3) is 2.46. The van der Waals surface area contributed by atoms with Gasteiger partial charge in [-0.15, -0.1) is 5.10 Å². The fraction of sp³-hybridized carbons (Fsp3) is 0.250. The number of allylic oxidation sites excluding steroid dienone is 1. The van der Waals surface area contributed by atoms with Gasteiger partial charge in [-0.05, 0) is 12.0 Å². The Kier molecular flexibility index (Phi) is 3.92. The van der Waals surface area contributed by atoms with Gasteiger partial charge in [0.05, 0.1) is 10.8 Å². The molecule has 0 amide bonds. The standard InChI is InChI=1S/C16H15N5O3/c1-2-3-12-14-13(9-4-6-10(7-5-9)21(22)23)11(8-17)15(18)24-16(14)20-19-12/h4-7,13H,2-3,18H2,1H3,(H,19,20)/t13-/m1/s1. The van der Waals surface area contributed by atoms with Gasteiger partial charge in [-0.25, -0.2) is 0 Å². The van der Waals surface area contributed by atoms with E-state index in [4.69, 9.17) is 10.5 Å². The Bertz CT molecular complexity index is 861. The summed E-state index contributed by atoms with van der Waals surface area (Å²) in [4.78, 5) is 10.4. The van der Waals surface area contributed by atoms with Gasteiger partial charge in [-0.1, -0.05) is 25.5 Å². The molecule has 8 nitrogen and oxygen atoms in total. The van der Waals surface area contributed by atoms with Crippen molar-refractivity contribution in [1.29, 1.82) is 5.26 Å². The maximum atomic E-state index is 10.8. The minimum atomic E-state index is -0.463. The van der Waals surface area contributed by atoms with E-state index in [-0.39, 0.29) is 17.1 Å². The Morgan fingerprint density at radius 3 is 2.75 bits per heavy atom. The molecular formula is C16H15N5O3. The van der Waals surface area contributed by atoms with Crippen LogP contribution < -0.4 is 10.5 Å². The second-order valence-electron chi connectivity index (χ2n) is 5.44. The first-order valence-corrected chi connectivity index (χ1v) is 7.45. The number of nitrogens with two attached hydrogens (primary N) is 1. The molecule has 3 rings (SSSR count). The minimum Gasteiger partial charge on any atom is -0.420 e. The van der Waals surface area contributed by atoms with E-state index in [9.17, 15) is 15.4 Å². The minimum absolute atomic E-state index is 0.00269. The molecule has 1 aliphatic rings. The zero-order valence-electron chi connectivity index (χ0n) is 12.9. The van der Waals surface area contributed by atoms with Crippen molar-refractivity contribution in [2.45, 2.75) is 25.7 Å². The topological polar surface area (TPSA) is 131 Å². The molecule has 0 bridgehead atoms. The molecule has 2 heterocycles. The van der Waals surface area contributed by atoms with Crippen molar-refractivity contribution in [3.8, 4) is 11.9 Å². The molecule has 0 saturated heterocycles. The number of rotatable bonds is 4. The van der Waals surface area contributed by atoms with Gasteiger partial charge >= 0.3 is 0 Å². The number of nitrogens with zero attached hydrogens (tertiary/aromatic N) is 3. The van der Waals surface area contributed by atoms with Gasteiger partial charge < -0.3 is 10.5 Å². The summed E-state index contributed by atoms with van der Waals surface area (Å²) in [7, 11) is 0. The van der Waals surface area contributed by atoms with E-state index >= 15 is 0 Å². The molecule has 1 aliphatic heterocycles. The number of aryl methyl sites for hydroxylation is 1. The van der Waals surface area contributed by atoms with Crippen LogP contribution in [-0.2, 0) is 6.42 Å². The van der Waals surface area contributed by atoms with Crippen LogP contribution in [0.3, 0.4) is 0 Å². The molecule has 122 valence electrons. The maximum absolute atomic E-state index is 10.8. The summed E-state index contributed by atoms with van der Waals surface area (Å²) in [6.07, 6.45) is 1.64. The van der Waals surface area contributed by atoms with E-state index in [2.05, 4.69) is 16.3 Å². The van der Waals surface area contributed by atoms with Crippen LogP contribution in [0.4, 0.5) is 5.69 Å². The first-order chi connectivity index (χ1) is 11.6. The van der Waals surface area contributed by atoms with Gasteiger partial charge in [-0.2, -0.15) is 5.26 Å². The average Bonchev–Trinajstić information content (AvgIpc) is 2.96. The molecule has 0 fully saturated rings. The lowest BCUT2D eigenvalue weighted by Gasteiger charge is -2.24. The second kappa shape index (κ2) is 6.04. The van der Waals surface area contributed by atoms with Crippen LogP contribution in [0.25, 0.3) is 0 Å². The second-order valence-corrected chi connectivity index (χ2v) is 5.44. The van der Waals surface area contributed by atoms with Crippen molar-refractivity contribution >= 4 is 5.69 Å². The van der Waals surface area contributed by atoms with Crippen molar-refractivity contribution in [2.24, 2.45) is 5.73 Å².